The van der Waals surface area contributed by atoms with E-state index < -0.39 is 0 Å². The summed E-state index contributed by atoms with van der Waals surface area (Å²) >= 11 is 0. The zero-order chi connectivity index (χ0) is 14.5. The molecule has 2 aromatic rings. The van der Waals surface area contributed by atoms with Crippen molar-refractivity contribution in [1.29, 1.82) is 0 Å². The van der Waals surface area contributed by atoms with Crippen molar-refractivity contribution in [3.8, 4) is 23.1 Å². The van der Waals surface area contributed by atoms with Crippen LogP contribution >= 0.6 is 0 Å². The van der Waals surface area contributed by atoms with Crippen LogP contribution in [-0.2, 0) is 0 Å². The minimum Gasteiger partial charge on any atom is -0.491 e. The first kappa shape index (κ1) is 14.0. The molecule has 1 aromatic carbocycles. The van der Waals surface area contributed by atoms with Crippen molar-refractivity contribution in [3.63, 3.8) is 0 Å². The van der Waals surface area contributed by atoms with Gasteiger partial charge in [-0.15, -0.1) is 0 Å². The van der Waals surface area contributed by atoms with Crippen molar-refractivity contribution in [2.45, 2.75) is 20.0 Å². The minimum absolute atomic E-state index is 0.117. The highest BCUT2D eigenvalue weighted by molar-refractivity contribution is 5.58. The monoisotopic (exact) mass is 274 g/mol. The van der Waals surface area contributed by atoms with Crippen LogP contribution in [0.25, 0.3) is 11.4 Å². The number of anilines is 1. The molecule has 1 N–H and O–H groups in total. The molecule has 20 heavy (non-hydrogen) atoms. The molecule has 6 nitrogen and oxygen atoms in total. The third-order valence-electron chi connectivity index (χ3n) is 2.49. The van der Waals surface area contributed by atoms with Crippen LogP contribution in [0.3, 0.4) is 0 Å². The summed E-state index contributed by atoms with van der Waals surface area (Å²) in [6.45, 7) is 3.97. The van der Waals surface area contributed by atoms with Crippen LogP contribution in [0.4, 0.5) is 5.95 Å². The Morgan fingerprint density at radius 1 is 1.15 bits per heavy atom. The first-order chi connectivity index (χ1) is 9.62. The highest BCUT2D eigenvalue weighted by Crippen LogP contribution is 2.23. The lowest BCUT2D eigenvalue weighted by Crippen LogP contribution is -2.06. The molecule has 1 aromatic heterocycles. The van der Waals surface area contributed by atoms with Crippen molar-refractivity contribution >= 4 is 5.95 Å². The van der Waals surface area contributed by atoms with E-state index in [9.17, 15) is 0 Å². The SMILES string of the molecule is CNc1nc(OC)nc(-c2cccc(OC(C)C)c2)n1. The van der Waals surface area contributed by atoms with Gasteiger partial charge in [0.2, 0.25) is 5.95 Å². The smallest absolute Gasteiger partial charge is 0.321 e. The summed E-state index contributed by atoms with van der Waals surface area (Å²) in [5.74, 6) is 1.78. The van der Waals surface area contributed by atoms with Gasteiger partial charge in [0.25, 0.3) is 0 Å². The predicted molar refractivity (Wildman–Crippen MR) is 77.1 cm³/mol. The molecule has 0 saturated heterocycles. The van der Waals surface area contributed by atoms with E-state index in [2.05, 4.69) is 20.3 Å². The fourth-order valence-electron chi connectivity index (χ4n) is 1.67. The first-order valence-corrected chi connectivity index (χ1v) is 6.37. The Balaban J connectivity index is 2.40. The van der Waals surface area contributed by atoms with Gasteiger partial charge in [0.1, 0.15) is 5.75 Å². The highest BCUT2D eigenvalue weighted by atomic mass is 16.5. The third-order valence-corrected chi connectivity index (χ3v) is 2.49. The van der Waals surface area contributed by atoms with Crippen molar-refractivity contribution in [3.05, 3.63) is 24.3 Å². The molecule has 106 valence electrons. The molecule has 0 fully saturated rings. The van der Waals surface area contributed by atoms with E-state index in [1.54, 1.807) is 7.05 Å². The Hall–Kier alpha value is -2.37. The van der Waals surface area contributed by atoms with Gasteiger partial charge in [-0.25, -0.2) is 0 Å². The predicted octanol–water partition coefficient (Wildman–Crippen LogP) is 2.38. The van der Waals surface area contributed by atoms with Crippen LogP contribution in [0.5, 0.6) is 11.8 Å². The molecule has 0 bridgehead atoms. The van der Waals surface area contributed by atoms with Crippen LogP contribution in [0.1, 0.15) is 13.8 Å². The lowest BCUT2D eigenvalue weighted by molar-refractivity contribution is 0.242. The quantitative estimate of drug-likeness (QED) is 0.902. The molecule has 0 spiro atoms. The number of benzene rings is 1. The summed E-state index contributed by atoms with van der Waals surface area (Å²) in [6.07, 6.45) is 0.117. The largest absolute Gasteiger partial charge is 0.491 e. The average Bonchev–Trinajstić information content (AvgIpc) is 2.46. The van der Waals surface area contributed by atoms with E-state index in [-0.39, 0.29) is 12.1 Å². The molecule has 6 heteroatoms. The van der Waals surface area contributed by atoms with Crippen LogP contribution < -0.4 is 14.8 Å². The Bertz CT molecular complexity index is 565. The van der Waals surface area contributed by atoms with Crippen molar-refractivity contribution in [2.24, 2.45) is 0 Å². The van der Waals surface area contributed by atoms with Gasteiger partial charge in [-0.05, 0) is 26.0 Å². The summed E-state index contributed by atoms with van der Waals surface area (Å²) in [7, 11) is 3.27. The Kier molecular flexibility index (Phi) is 4.34. The van der Waals surface area contributed by atoms with Gasteiger partial charge in [-0.2, -0.15) is 15.0 Å². The lowest BCUT2D eigenvalue weighted by atomic mass is 10.2. The molecule has 0 aliphatic rings. The number of aromatic nitrogens is 3. The first-order valence-electron chi connectivity index (χ1n) is 6.37. The Morgan fingerprint density at radius 3 is 2.60 bits per heavy atom. The molecule has 0 unspecified atom stereocenters. The summed E-state index contributed by atoms with van der Waals surface area (Å²) in [5, 5.41) is 2.89. The van der Waals surface area contributed by atoms with Crippen LogP contribution in [0, 0.1) is 0 Å². The Morgan fingerprint density at radius 2 is 1.95 bits per heavy atom. The molecular weight excluding hydrogens is 256 g/mol. The number of rotatable bonds is 5. The number of ether oxygens (including phenoxy) is 2. The van der Waals surface area contributed by atoms with E-state index in [0.29, 0.717) is 11.8 Å². The molecule has 0 radical (unpaired) electrons. The number of methoxy groups -OCH3 is 1. The van der Waals surface area contributed by atoms with Gasteiger partial charge in [0.15, 0.2) is 5.82 Å². The Labute approximate surface area is 118 Å². The lowest BCUT2D eigenvalue weighted by Gasteiger charge is -2.11. The molecule has 0 saturated carbocycles. The molecule has 0 atom stereocenters. The zero-order valence-corrected chi connectivity index (χ0v) is 12.0. The van der Waals surface area contributed by atoms with E-state index in [1.165, 1.54) is 7.11 Å². The van der Waals surface area contributed by atoms with E-state index in [1.807, 2.05) is 38.1 Å². The van der Waals surface area contributed by atoms with Crippen molar-refractivity contribution in [2.75, 3.05) is 19.5 Å². The number of nitrogens with zero attached hydrogens (tertiary/aromatic N) is 3. The zero-order valence-electron chi connectivity index (χ0n) is 12.0. The highest BCUT2D eigenvalue weighted by Gasteiger charge is 2.09. The van der Waals surface area contributed by atoms with Crippen LogP contribution in [0.2, 0.25) is 0 Å². The normalized spacial score (nSPS) is 10.4. The number of hydrogen-bond acceptors (Lipinski definition) is 6. The molecule has 0 aliphatic heterocycles. The molecule has 0 amide bonds. The van der Waals surface area contributed by atoms with Gasteiger partial charge in [-0.1, -0.05) is 12.1 Å². The standard InChI is InChI=1S/C14H18N4O2/c1-9(2)20-11-7-5-6-10(8-11)12-16-13(15-3)18-14(17-12)19-4/h5-9H,1-4H3,(H,15,16,17,18). The summed E-state index contributed by atoms with van der Waals surface area (Å²) in [5.41, 5.74) is 0.848. The van der Waals surface area contributed by atoms with Gasteiger partial charge in [0.05, 0.1) is 13.2 Å². The number of hydrogen-bond donors (Lipinski definition) is 1. The fourth-order valence-corrected chi connectivity index (χ4v) is 1.67. The van der Waals surface area contributed by atoms with E-state index >= 15 is 0 Å². The summed E-state index contributed by atoms with van der Waals surface area (Å²) < 4.78 is 10.8. The summed E-state index contributed by atoms with van der Waals surface area (Å²) in [4.78, 5) is 12.7. The van der Waals surface area contributed by atoms with Gasteiger partial charge < -0.3 is 14.8 Å². The van der Waals surface area contributed by atoms with Crippen LogP contribution in [-0.4, -0.2) is 35.2 Å². The maximum atomic E-state index is 5.67. The second-order valence-electron chi connectivity index (χ2n) is 4.41. The van der Waals surface area contributed by atoms with Gasteiger partial charge >= 0.3 is 6.01 Å². The van der Waals surface area contributed by atoms with Crippen molar-refractivity contribution in [1.82, 2.24) is 15.0 Å². The molecule has 0 aliphatic carbocycles. The van der Waals surface area contributed by atoms with Crippen LogP contribution in [0.15, 0.2) is 24.3 Å². The van der Waals surface area contributed by atoms with E-state index in [0.717, 1.165) is 11.3 Å². The number of nitrogens with one attached hydrogen (secondary N) is 1. The van der Waals surface area contributed by atoms with E-state index in [4.69, 9.17) is 9.47 Å². The average molecular weight is 274 g/mol. The second kappa shape index (κ2) is 6.18. The molecule has 2 rings (SSSR count). The van der Waals surface area contributed by atoms with Gasteiger partial charge in [0, 0.05) is 12.6 Å². The molecular formula is C14H18N4O2. The van der Waals surface area contributed by atoms with Crippen molar-refractivity contribution < 1.29 is 9.47 Å². The topological polar surface area (TPSA) is 69.2 Å². The fraction of sp³-hybridized carbons (Fsp3) is 0.357. The maximum Gasteiger partial charge on any atom is 0.321 e. The minimum atomic E-state index is 0.117. The van der Waals surface area contributed by atoms with Gasteiger partial charge in [-0.3, -0.25) is 0 Å². The maximum absolute atomic E-state index is 5.67. The third kappa shape index (κ3) is 3.34. The molecule has 1 heterocycles. The second-order valence-corrected chi connectivity index (χ2v) is 4.41. The summed E-state index contributed by atoms with van der Waals surface area (Å²) in [6, 6.07) is 7.90.